The minimum Gasteiger partial charge on any atom is -0.489 e. The summed E-state index contributed by atoms with van der Waals surface area (Å²) in [6, 6.07) is 21.5. The first-order chi connectivity index (χ1) is 18.9. The molecule has 0 saturated heterocycles. The molecule has 0 unspecified atom stereocenters. The van der Waals surface area contributed by atoms with E-state index in [9.17, 15) is 9.59 Å². The number of halogens is 2. The van der Waals surface area contributed by atoms with Crippen molar-refractivity contribution >= 4 is 46.6 Å². The molecule has 0 fully saturated rings. The van der Waals surface area contributed by atoms with Crippen LogP contribution in [0.2, 0.25) is 10.0 Å². The van der Waals surface area contributed by atoms with E-state index in [0.717, 1.165) is 16.7 Å². The van der Waals surface area contributed by atoms with Crippen LogP contribution in [-0.2, 0) is 16.1 Å². The molecule has 0 aliphatic carbocycles. The van der Waals surface area contributed by atoms with Crippen molar-refractivity contribution in [2.45, 2.75) is 26.5 Å². The molecule has 1 aromatic heterocycles. The summed E-state index contributed by atoms with van der Waals surface area (Å²) in [6.45, 7) is 4.06. The van der Waals surface area contributed by atoms with E-state index in [1.165, 1.54) is 11.3 Å². The number of nitrogens with zero attached hydrogens (tertiary/aromatic N) is 2. The molecule has 0 amide bonds. The van der Waals surface area contributed by atoms with Gasteiger partial charge in [-0.25, -0.2) is 9.79 Å². The Morgan fingerprint density at radius 1 is 1.08 bits per heavy atom. The molecule has 9 heteroatoms. The van der Waals surface area contributed by atoms with Crippen LogP contribution >= 0.6 is 34.5 Å². The lowest BCUT2D eigenvalue weighted by molar-refractivity contribution is -0.139. The molecule has 6 nitrogen and oxygen atoms in total. The molecular weight excluding hydrogens is 555 g/mol. The summed E-state index contributed by atoms with van der Waals surface area (Å²) < 4.78 is 13.3. The fourth-order valence-corrected chi connectivity index (χ4v) is 5.86. The van der Waals surface area contributed by atoms with Gasteiger partial charge in [-0.3, -0.25) is 9.36 Å². The van der Waals surface area contributed by atoms with E-state index < -0.39 is 12.0 Å². The first kappa shape index (κ1) is 26.9. The van der Waals surface area contributed by atoms with E-state index >= 15 is 0 Å². The smallest absolute Gasteiger partial charge is 0.338 e. The lowest BCUT2D eigenvalue weighted by Gasteiger charge is -2.24. The number of benzene rings is 3. The Balaban J connectivity index is 1.47. The summed E-state index contributed by atoms with van der Waals surface area (Å²) in [5, 5.41) is 1.12. The lowest BCUT2D eigenvalue weighted by atomic mass is 9.96. The zero-order chi connectivity index (χ0) is 27.5. The molecule has 5 rings (SSSR count). The zero-order valence-electron chi connectivity index (χ0n) is 21.2. The Bertz CT molecular complexity index is 1740. The summed E-state index contributed by atoms with van der Waals surface area (Å²) >= 11 is 13.5. The maximum absolute atomic E-state index is 13.7. The van der Waals surface area contributed by atoms with Gasteiger partial charge in [-0.05, 0) is 55.3 Å². The zero-order valence-corrected chi connectivity index (χ0v) is 23.5. The number of rotatable bonds is 7. The van der Waals surface area contributed by atoms with Gasteiger partial charge in [-0.1, -0.05) is 83.1 Å². The van der Waals surface area contributed by atoms with Crippen molar-refractivity contribution in [2.24, 2.45) is 4.99 Å². The van der Waals surface area contributed by atoms with E-state index in [0.29, 0.717) is 43.0 Å². The maximum atomic E-state index is 13.7. The molecule has 4 aromatic rings. The monoisotopic (exact) mass is 578 g/mol. The second-order valence-corrected chi connectivity index (χ2v) is 10.7. The van der Waals surface area contributed by atoms with Crippen LogP contribution in [0.3, 0.4) is 0 Å². The van der Waals surface area contributed by atoms with Crippen LogP contribution < -0.4 is 19.6 Å². The molecule has 3 aromatic carbocycles. The summed E-state index contributed by atoms with van der Waals surface area (Å²) in [4.78, 5) is 31.8. The van der Waals surface area contributed by atoms with Crippen molar-refractivity contribution in [3.63, 3.8) is 0 Å². The van der Waals surface area contributed by atoms with E-state index in [-0.39, 0.29) is 12.2 Å². The van der Waals surface area contributed by atoms with Crippen molar-refractivity contribution < 1.29 is 14.3 Å². The van der Waals surface area contributed by atoms with Gasteiger partial charge in [0.25, 0.3) is 5.56 Å². The highest BCUT2D eigenvalue weighted by Gasteiger charge is 2.33. The second-order valence-electron chi connectivity index (χ2n) is 8.81. The van der Waals surface area contributed by atoms with E-state index in [1.807, 2.05) is 66.7 Å². The minimum atomic E-state index is -0.626. The number of hydrogen-bond donors (Lipinski definition) is 0. The van der Waals surface area contributed by atoms with Crippen LogP contribution in [0.5, 0.6) is 5.75 Å². The highest BCUT2D eigenvalue weighted by atomic mass is 35.5. The molecule has 1 aliphatic rings. The third-order valence-electron chi connectivity index (χ3n) is 6.22. The number of ether oxygens (including phenoxy) is 2. The third-order valence-corrected chi connectivity index (χ3v) is 7.79. The molecule has 0 saturated carbocycles. The molecule has 1 atom stereocenters. The van der Waals surface area contributed by atoms with Gasteiger partial charge in [0.1, 0.15) is 12.4 Å². The van der Waals surface area contributed by atoms with E-state index in [4.69, 9.17) is 32.7 Å². The Kier molecular flexibility index (Phi) is 8.02. The largest absolute Gasteiger partial charge is 0.489 e. The van der Waals surface area contributed by atoms with Crippen molar-refractivity contribution in [3.05, 3.63) is 130 Å². The molecule has 2 heterocycles. The van der Waals surface area contributed by atoms with Crippen LogP contribution in [0.1, 0.15) is 36.6 Å². The van der Waals surface area contributed by atoms with Crippen molar-refractivity contribution in [1.82, 2.24) is 4.57 Å². The lowest BCUT2D eigenvalue weighted by Crippen LogP contribution is -2.39. The summed E-state index contributed by atoms with van der Waals surface area (Å²) in [6.07, 6.45) is 1.81. The number of allylic oxidation sites excluding steroid dienone is 1. The molecule has 0 N–H and O–H groups in total. The molecule has 1 aliphatic heterocycles. The first-order valence-corrected chi connectivity index (χ1v) is 13.8. The molecule has 0 spiro atoms. The van der Waals surface area contributed by atoms with Gasteiger partial charge in [0.2, 0.25) is 0 Å². The quantitative estimate of drug-likeness (QED) is 0.264. The maximum Gasteiger partial charge on any atom is 0.338 e. The molecular formula is C30H24Cl2N2O4S. The van der Waals surface area contributed by atoms with E-state index in [2.05, 4.69) is 4.99 Å². The Morgan fingerprint density at radius 3 is 2.51 bits per heavy atom. The fraction of sp³-hybridized carbons (Fsp3) is 0.167. The number of fused-ring (bicyclic) bond motifs is 1. The Labute approximate surface area is 239 Å². The minimum absolute atomic E-state index is 0.223. The summed E-state index contributed by atoms with van der Waals surface area (Å²) in [5.41, 5.74) is 3.15. The first-order valence-electron chi connectivity index (χ1n) is 12.3. The number of hydrogen-bond acceptors (Lipinski definition) is 6. The molecule has 198 valence electrons. The molecule has 0 radical (unpaired) electrons. The van der Waals surface area contributed by atoms with Crippen LogP contribution in [0.4, 0.5) is 0 Å². The number of thiazole rings is 1. The summed E-state index contributed by atoms with van der Waals surface area (Å²) in [7, 11) is 0. The molecule has 0 bridgehead atoms. The van der Waals surface area contributed by atoms with Crippen LogP contribution in [-0.4, -0.2) is 17.1 Å². The Hall–Kier alpha value is -3.65. The SMILES string of the molecule is CCOC(=O)C1=C(C)N=c2s/c(=C\c3ccc(OCc4ccc(Cl)cc4Cl)cc3)c(=O)n2[C@H]1c1ccccc1. The van der Waals surface area contributed by atoms with Crippen molar-refractivity contribution in [3.8, 4) is 5.75 Å². The summed E-state index contributed by atoms with van der Waals surface area (Å²) in [5.74, 6) is 0.191. The number of carbonyl (C=O) groups excluding carboxylic acids is 1. The van der Waals surface area contributed by atoms with Crippen LogP contribution in [0.25, 0.3) is 6.08 Å². The van der Waals surface area contributed by atoms with Crippen molar-refractivity contribution in [2.75, 3.05) is 6.61 Å². The van der Waals surface area contributed by atoms with Gasteiger partial charge < -0.3 is 9.47 Å². The third kappa shape index (κ3) is 5.71. The van der Waals surface area contributed by atoms with Crippen molar-refractivity contribution in [1.29, 1.82) is 0 Å². The van der Waals surface area contributed by atoms with Crippen LogP contribution in [0, 0.1) is 0 Å². The van der Waals surface area contributed by atoms with Gasteiger partial charge in [0, 0.05) is 15.6 Å². The highest BCUT2D eigenvalue weighted by Crippen LogP contribution is 2.30. The van der Waals surface area contributed by atoms with Gasteiger partial charge >= 0.3 is 5.97 Å². The van der Waals surface area contributed by atoms with Gasteiger partial charge in [-0.15, -0.1) is 0 Å². The van der Waals surface area contributed by atoms with Crippen LogP contribution in [0.15, 0.2) is 93.9 Å². The highest BCUT2D eigenvalue weighted by molar-refractivity contribution is 7.07. The predicted molar refractivity (Wildman–Crippen MR) is 154 cm³/mol. The topological polar surface area (TPSA) is 69.9 Å². The van der Waals surface area contributed by atoms with Gasteiger partial charge in [0.05, 0.1) is 28.5 Å². The second kappa shape index (κ2) is 11.6. The average Bonchev–Trinajstić information content (AvgIpc) is 3.22. The number of carbonyl (C=O) groups is 1. The Morgan fingerprint density at radius 2 is 1.82 bits per heavy atom. The van der Waals surface area contributed by atoms with Gasteiger partial charge in [-0.2, -0.15) is 0 Å². The molecule has 39 heavy (non-hydrogen) atoms. The number of esters is 1. The van der Waals surface area contributed by atoms with Gasteiger partial charge in [0.15, 0.2) is 4.80 Å². The average molecular weight is 580 g/mol. The fourth-order valence-electron chi connectivity index (χ4n) is 4.35. The normalized spacial score (nSPS) is 15.1. The number of aromatic nitrogens is 1. The standard InChI is InChI=1S/C30H24Cl2N2O4S/c1-3-37-29(36)26-18(2)33-30-34(27(26)20-7-5-4-6-8-20)28(35)25(39-30)15-19-9-13-23(14-10-19)38-17-21-11-12-22(31)16-24(21)32/h4-16,27H,3,17H2,1-2H3/b25-15-/t27-/m0/s1. The van der Waals surface area contributed by atoms with E-state index in [1.54, 1.807) is 30.5 Å². The predicted octanol–water partition coefficient (Wildman–Crippen LogP) is 5.68.